The van der Waals surface area contributed by atoms with Gasteiger partial charge in [0.1, 0.15) is 5.56 Å². The van der Waals surface area contributed by atoms with Crippen LogP contribution >= 0.6 is 0 Å². The second kappa shape index (κ2) is 3.88. The van der Waals surface area contributed by atoms with Crippen LogP contribution in [0.5, 0.6) is 0 Å². The van der Waals surface area contributed by atoms with Crippen molar-refractivity contribution in [3.05, 3.63) is 57.1 Å². The van der Waals surface area contributed by atoms with E-state index >= 15 is 0 Å². The molecule has 0 saturated carbocycles. The number of H-pyrrole nitrogens is 1. The van der Waals surface area contributed by atoms with Gasteiger partial charge in [-0.3, -0.25) is 4.79 Å². The van der Waals surface area contributed by atoms with Crippen LogP contribution in [0.1, 0.15) is 27.2 Å². The molecule has 6 nitrogen and oxygen atoms in total. The molecule has 2 aromatic rings. The molecule has 2 aromatic heterocycles. The Balaban J connectivity index is 1.84. The first-order valence-electron chi connectivity index (χ1n) is 6.58. The van der Waals surface area contributed by atoms with E-state index in [2.05, 4.69) is 15.0 Å². The van der Waals surface area contributed by atoms with Crippen LogP contribution in [-0.2, 0) is 18.3 Å². The highest BCUT2D eigenvalue weighted by Gasteiger charge is 2.43. The molecule has 2 aliphatic rings. The monoisotopic (exact) mass is 281 g/mol. The molecule has 0 bridgehead atoms. The summed E-state index contributed by atoms with van der Waals surface area (Å²) in [5, 5.41) is 9.06. The Morgan fingerprint density at radius 1 is 1.38 bits per heavy atom. The minimum absolute atomic E-state index is 0.216. The number of carboxylic acids is 1. The lowest BCUT2D eigenvalue weighted by Gasteiger charge is -2.20. The van der Waals surface area contributed by atoms with E-state index < -0.39 is 11.5 Å². The summed E-state index contributed by atoms with van der Waals surface area (Å²) in [6.07, 6.45) is 4.80. The van der Waals surface area contributed by atoms with Gasteiger partial charge in [0.05, 0.1) is 0 Å². The van der Waals surface area contributed by atoms with Gasteiger partial charge in [-0.25, -0.2) is 14.8 Å². The van der Waals surface area contributed by atoms with Gasteiger partial charge in [0, 0.05) is 35.5 Å². The second-order valence-corrected chi connectivity index (χ2v) is 5.46. The van der Waals surface area contributed by atoms with Crippen LogP contribution in [0.3, 0.4) is 0 Å². The fourth-order valence-electron chi connectivity index (χ4n) is 3.23. The van der Waals surface area contributed by atoms with Crippen LogP contribution in [0.4, 0.5) is 5.82 Å². The van der Waals surface area contributed by atoms with E-state index in [0.29, 0.717) is 18.7 Å². The summed E-state index contributed by atoms with van der Waals surface area (Å²) in [5.41, 5.74) is 1.58. The summed E-state index contributed by atoms with van der Waals surface area (Å²) in [4.78, 5) is 34.2. The number of pyridine rings is 2. The van der Waals surface area contributed by atoms with E-state index in [1.54, 1.807) is 6.20 Å². The predicted octanol–water partition coefficient (Wildman–Crippen LogP) is 1.22. The van der Waals surface area contributed by atoms with E-state index in [-0.39, 0.29) is 11.0 Å². The molecule has 2 N–H and O–H groups in total. The van der Waals surface area contributed by atoms with Gasteiger partial charge >= 0.3 is 5.97 Å². The van der Waals surface area contributed by atoms with Crippen molar-refractivity contribution in [3.63, 3.8) is 0 Å². The topological polar surface area (TPSA) is 95.4 Å². The standard InChI is InChI=1S/C15H11N3O3/c19-13-9(14(20)21)4-8-5-15(6-11(8)18-13)7-17-12-10(15)2-1-3-16-12/h1-4,7H,5-6H2,(H,18,19)(H,20,21). The minimum Gasteiger partial charge on any atom is -0.477 e. The quantitative estimate of drug-likeness (QED) is 0.821. The molecule has 1 unspecified atom stereocenters. The van der Waals surface area contributed by atoms with Crippen molar-refractivity contribution in [2.24, 2.45) is 4.99 Å². The number of nitrogens with one attached hydrogen (secondary N) is 1. The summed E-state index contributed by atoms with van der Waals surface area (Å²) in [6, 6.07) is 5.33. The lowest BCUT2D eigenvalue weighted by atomic mass is 9.81. The molecule has 1 aliphatic heterocycles. The number of aliphatic imine (C=N–C) groups is 1. The summed E-state index contributed by atoms with van der Waals surface area (Å²) in [5.74, 6) is -0.506. The fourth-order valence-corrected chi connectivity index (χ4v) is 3.23. The van der Waals surface area contributed by atoms with Crippen molar-refractivity contribution in [1.29, 1.82) is 0 Å². The predicted molar refractivity (Wildman–Crippen MR) is 75.5 cm³/mol. The maximum atomic E-state index is 11.8. The number of hydrogen-bond donors (Lipinski definition) is 2. The van der Waals surface area contributed by atoms with E-state index in [9.17, 15) is 9.59 Å². The van der Waals surface area contributed by atoms with E-state index in [0.717, 1.165) is 16.8 Å². The molecule has 6 heteroatoms. The highest BCUT2D eigenvalue weighted by molar-refractivity contribution is 5.89. The minimum atomic E-state index is -1.21. The third-order valence-electron chi connectivity index (χ3n) is 4.20. The molecule has 21 heavy (non-hydrogen) atoms. The molecule has 0 radical (unpaired) electrons. The first-order valence-corrected chi connectivity index (χ1v) is 6.58. The largest absolute Gasteiger partial charge is 0.477 e. The Kier molecular flexibility index (Phi) is 2.22. The smallest absolute Gasteiger partial charge is 0.341 e. The molecule has 104 valence electrons. The summed E-state index contributed by atoms with van der Waals surface area (Å²) < 4.78 is 0. The van der Waals surface area contributed by atoms with Crippen molar-refractivity contribution in [3.8, 4) is 0 Å². The summed E-state index contributed by atoms with van der Waals surface area (Å²) in [7, 11) is 0. The molecule has 0 fully saturated rings. The van der Waals surface area contributed by atoms with Crippen LogP contribution in [0.15, 0.2) is 34.2 Å². The Hall–Kier alpha value is -2.76. The van der Waals surface area contributed by atoms with Crippen LogP contribution in [-0.4, -0.2) is 27.3 Å². The molecule has 3 heterocycles. The molecule has 1 aliphatic carbocycles. The van der Waals surface area contributed by atoms with Crippen molar-refractivity contribution in [2.75, 3.05) is 0 Å². The van der Waals surface area contributed by atoms with Crippen molar-refractivity contribution in [1.82, 2.24) is 9.97 Å². The van der Waals surface area contributed by atoms with Crippen LogP contribution in [0.25, 0.3) is 0 Å². The molecular weight excluding hydrogens is 270 g/mol. The molecule has 4 rings (SSSR count). The number of fused-ring (bicyclic) bond motifs is 3. The summed E-state index contributed by atoms with van der Waals surface area (Å²) in [6.45, 7) is 0. The first-order chi connectivity index (χ1) is 10.1. The van der Waals surface area contributed by atoms with Crippen LogP contribution < -0.4 is 5.56 Å². The van der Waals surface area contributed by atoms with Gasteiger partial charge in [0.25, 0.3) is 5.56 Å². The van der Waals surface area contributed by atoms with E-state index in [4.69, 9.17) is 5.11 Å². The van der Waals surface area contributed by atoms with Gasteiger partial charge < -0.3 is 10.1 Å². The number of hydrogen-bond acceptors (Lipinski definition) is 4. The molecule has 0 aromatic carbocycles. The molecule has 0 saturated heterocycles. The summed E-state index contributed by atoms with van der Waals surface area (Å²) >= 11 is 0. The average molecular weight is 281 g/mol. The molecular formula is C15H11N3O3. The van der Waals surface area contributed by atoms with E-state index in [1.165, 1.54) is 6.07 Å². The third-order valence-corrected chi connectivity index (χ3v) is 4.20. The highest BCUT2D eigenvalue weighted by atomic mass is 16.4. The lowest BCUT2D eigenvalue weighted by molar-refractivity contribution is 0.0695. The number of nitrogens with zero attached hydrogens (tertiary/aromatic N) is 2. The van der Waals surface area contributed by atoms with Gasteiger partial charge in [0.15, 0.2) is 5.82 Å². The van der Waals surface area contributed by atoms with Crippen LogP contribution in [0.2, 0.25) is 0 Å². The Bertz CT molecular complexity index is 869. The lowest BCUT2D eigenvalue weighted by Crippen LogP contribution is -2.26. The van der Waals surface area contributed by atoms with Gasteiger partial charge in [-0.05, 0) is 24.1 Å². The van der Waals surface area contributed by atoms with Gasteiger partial charge in [0.2, 0.25) is 0 Å². The molecule has 1 atom stereocenters. The zero-order valence-electron chi connectivity index (χ0n) is 11.0. The van der Waals surface area contributed by atoms with Crippen LogP contribution in [0, 0.1) is 0 Å². The van der Waals surface area contributed by atoms with Crippen molar-refractivity contribution < 1.29 is 9.90 Å². The zero-order chi connectivity index (χ0) is 14.6. The number of aromatic amines is 1. The SMILES string of the molecule is O=C(O)c1cc2c([nH]c1=O)CC1(C=Nc3ncccc31)C2. The number of rotatable bonds is 1. The van der Waals surface area contributed by atoms with E-state index in [1.807, 2.05) is 18.3 Å². The van der Waals surface area contributed by atoms with Gasteiger partial charge in [-0.1, -0.05) is 6.07 Å². The fraction of sp³-hybridized carbons (Fsp3) is 0.200. The Labute approximate surface area is 119 Å². The molecule has 1 spiro atoms. The third kappa shape index (κ3) is 1.59. The number of carboxylic acid groups (broad SMARTS) is 1. The Morgan fingerprint density at radius 3 is 3.05 bits per heavy atom. The van der Waals surface area contributed by atoms with Gasteiger partial charge in [-0.15, -0.1) is 0 Å². The Morgan fingerprint density at radius 2 is 2.24 bits per heavy atom. The number of aromatic carboxylic acids is 1. The first kappa shape index (κ1) is 12.0. The molecule has 0 amide bonds. The average Bonchev–Trinajstić information content (AvgIpc) is 2.99. The number of carbonyl (C=O) groups is 1. The zero-order valence-corrected chi connectivity index (χ0v) is 11.0. The maximum Gasteiger partial charge on any atom is 0.341 e. The number of aromatic nitrogens is 2. The van der Waals surface area contributed by atoms with Crippen molar-refractivity contribution in [2.45, 2.75) is 18.3 Å². The highest BCUT2D eigenvalue weighted by Crippen LogP contribution is 2.44. The van der Waals surface area contributed by atoms with Crippen molar-refractivity contribution >= 4 is 18.0 Å². The normalized spacial score (nSPS) is 21.5. The van der Waals surface area contributed by atoms with Gasteiger partial charge in [-0.2, -0.15) is 0 Å². The maximum absolute atomic E-state index is 11.8. The second-order valence-electron chi connectivity index (χ2n) is 5.46.